The van der Waals surface area contributed by atoms with Gasteiger partial charge in [0.1, 0.15) is 5.78 Å². The van der Waals surface area contributed by atoms with Crippen LogP contribution in [-0.4, -0.2) is 41.1 Å². The average molecular weight is 283 g/mol. The quantitative estimate of drug-likeness (QED) is 0.826. The lowest BCUT2D eigenvalue weighted by Crippen LogP contribution is -2.39. The van der Waals surface area contributed by atoms with E-state index in [1.807, 2.05) is 11.8 Å². The van der Waals surface area contributed by atoms with Gasteiger partial charge in [-0.25, -0.2) is 0 Å². The molecule has 0 amide bonds. The van der Waals surface area contributed by atoms with Crippen molar-refractivity contribution < 1.29 is 9.90 Å². The number of nitrogens with one attached hydrogen (secondary N) is 1. The second-order valence-electron chi connectivity index (χ2n) is 7.18. The summed E-state index contributed by atoms with van der Waals surface area (Å²) >= 11 is 1.91. The Hall–Kier alpha value is -0.0600. The highest BCUT2D eigenvalue weighted by atomic mass is 32.2. The van der Waals surface area contributed by atoms with Crippen molar-refractivity contribution in [2.45, 2.75) is 51.7 Å². The summed E-state index contributed by atoms with van der Waals surface area (Å²) in [7, 11) is 0. The van der Waals surface area contributed by atoms with E-state index >= 15 is 0 Å². The van der Waals surface area contributed by atoms with Gasteiger partial charge in [0.15, 0.2) is 0 Å². The molecule has 1 heterocycles. The van der Waals surface area contributed by atoms with E-state index in [0.717, 1.165) is 37.3 Å². The summed E-state index contributed by atoms with van der Waals surface area (Å²) in [6.45, 7) is 5.32. The first-order valence-corrected chi connectivity index (χ1v) is 8.64. The first kappa shape index (κ1) is 13.9. The Kier molecular flexibility index (Phi) is 3.47. The number of β-amino-alcohol motifs (C(OH)–C–C–N with tert-alkyl or cyclic N) is 1. The SMILES string of the molecule is CC1(C)C2CCC1(CSC[C@@H]1C[C@@H](O)CN1)C(=O)C2. The number of hydrogen-bond donors (Lipinski definition) is 2. The van der Waals surface area contributed by atoms with Gasteiger partial charge in [0.05, 0.1) is 6.10 Å². The summed E-state index contributed by atoms with van der Waals surface area (Å²) < 4.78 is 0. The van der Waals surface area contributed by atoms with Crippen LogP contribution < -0.4 is 5.32 Å². The maximum absolute atomic E-state index is 12.4. The molecule has 108 valence electrons. The molecule has 0 aromatic heterocycles. The van der Waals surface area contributed by atoms with E-state index in [4.69, 9.17) is 0 Å². The number of Topliss-reactive ketones (excluding diaryl/α,β-unsaturated/α-hetero) is 1. The predicted octanol–water partition coefficient (Wildman–Crippen LogP) is 1.84. The van der Waals surface area contributed by atoms with Crippen molar-refractivity contribution in [2.75, 3.05) is 18.1 Å². The predicted molar refractivity (Wildman–Crippen MR) is 78.3 cm³/mol. The normalized spacial score (nSPS) is 44.2. The van der Waals surface area contributed by atoms with E-state index in [1.54, 1.807) is 0 Å². The van der Waals surface area contributed by atoms with E-state index in [9.17, 15) is 9.90 Å². The zero-order valence-electron chi connectivity index (χ0n) is 11.9. The maximum atomic E-state index is 12.4. The van der Waals surface area contributed by atoms with E-state index < -0.39 is 0 Å². The van der Waals surface area contributed by atoms with E-state index in [-0.39, 0.29) is 16.9 Å². The minimum absolute atomic E-state index is 0.0560. The standard InChI is InChI=1S/C15H25NO2S/c1-14(2)10-3-4-15(14,13(18)5-10)9-19-8-11-6-12(17)7-16-11/h10-12,16-17H,3-9H2,1-2H3/t10?,11-,12+,15?/m0/s1. The van der Waals surface area contributed by atoms with Crippen molar-refractivity contribution in [2.24, 2.45) is 16.7 Å². The van der Waals surface area contributed by atoms with Crippen LogP contribution in [0.4, 0.5) is 0 Å². The minimum atomic E-state index is -0.177. The van der Waals surface area contributed by atoms with Gasteiger partial charge in [0, 0.05) is 35.9 Å². The Balaban J connectivity index is 1.58. The molecule has 2 bridgehead atoms. The topological polar surface area (TPSA) is 49.3 Å². The fraction of sp³-hybridized carbons (Fsp3) is 0.933. The van der Waals surface area contributed by atoms with Crippen molar-refractivity contribution in [1.29, 1.82) is 0 Å². The molecule has 2 N–H and O–H groups in total. The Morgan fingerprint density at radius 2 is 2.26 bits per heavy atom. The minimum Gasteiger partial charge on any atom is -0.392 e. The van der Waals surface area contributed by atoms with Gasteiger partial charge in [-0.2, -0.15) is 11.8 Å². The number of hydrogen-bond acceptors (Lipinski definition) is 4. The molecule has 19 heavy (non-hydrogen) atoms. The third kappa shape index (κ3) is 2.07. The average Bonchev–Trinajstić information content (AvgIpc) is 2.91. The van der Waals surface area contributed by atoms with Crippen molar-refractivity contribution in [3.8, 4) is 0 Å². The molecule has 0 aromatic carbocycles. The highest BCUT2D eigenvalue weighted by Crippen LogP contribution is 2.64. The number of fused-ring (bicyclic) bond motifs is 2. The summed E-state index contributed by atoms with van der Waals surface area (Å²) in [6.07, 6.45) is 3.83. The molecule has 3 fully saturated rings. The number of thioether (sulfide) groups is 1. The van der Waals surface area contributed by atoms with Gasteiger partial charge >= 0.3 is 0 Å². The molecule has 0 radical (unpaired) electrons. The number of carbonyl (C=O) groups is 1. The molecule has 1 aliphatic heterocycles. The molecular weight excluding hydrogens is 258 g/mol. The Morgan fingerprint density at radius 1 is 1.47 bits per heavy atom. The summed E-state index contributed by atoms with van der Waals surface area (Å²) in [5, 5.41) is 12.9. The molecule has 2 unspecified atom stereocenters. The molecule has 0 spiro atoms. The van der Waals surface area contributed by atoms with Crippen molar-refractivity contribution in [1.82, 2.24) is 5.32 Å². The van der Waals surface area contributed by atoms with Crippen LogP contribution in [0.25, 0.3) is 0 Å². The molecule has 0 aromatic rings. The number of rotatable bonds is 4. The highest BCUT2D eigenvalue weighted by Gasteiger charge is 2.63. The van der Waals surface area contributed by atoms with Gasteiger partial charge in [0.25, 0.3) is 0 Å². The monoisotopic (exact) mass is 283 g/mol. The smallest absolute Gasteiger partial charge is 0.140 e. The van der Waals surface area contributed by atoms with Crippen LogP contribution in [0.1, 0.15) is 39.5 Å². The third-order valence-corrected chi connectivity index (χ3v) is 7.34. The number of ketones is 1. The van der Waals surface area contributed by atoms with Gasteiger partial charge < -0.3 is 10.4 Å². The molecule has 1 saturated heterocycles. The van der Waals surface area contributed by atoms with Gasteiger partial charge in [-0.3, -0.25) is 4.79 Å². The fourth-order valence-corrected chi connectivity index (χ4v) is 6.09. The van der Waals surface area contributed by atoms with Gasteiger partial charge in [-0.05, 0) is 30.6 Å². The largest absolute Gasteiger partial charge is 0.392 e. The zero-order valence-corrected chi connectivity index (χ0v) is 12.8. The molecule has 3 nitrogen and oxygen atoms in total. The Labute approximate surface area is 119 Å². The maximum Gasteiger partial charge on any atom is 0.140 e. The van der Waals surface area contributed by atoms with Crippen LogP contribution >= 0.6 is 11.8 Å². The molecule has 4 heteroatoms. The number of carbonyl (C=O) groups excluding carboxylic acids is 1. The summed E-state index contributed by atoms with van der Waals surface area (Å²) in [5.41, 5.74) is 0.138. The van der Waals surface area contributed by atoms with E-state index in [2.05, 4.69) is 19.2 Å². The van der Waals surface area contributed by atoms with Crippen molar-refractivity contribution in [3.63, 3.8) is 0 Å². The first-order chi connectivity index (χ1) is 8.96. The van der Waals surface area contributed by atoms with Crippen molar-refractivity contribution in [3.05, 3.63) is 0 Å². The lowest BCUT2D eigenvalue weighted by atomic mass is 9.70. The lowest BCUT2D eigenvalue weighted by Gasteiger charge is -2.36. The number of aliphatic hydroxyl groups excluding tert-OH is 1. The van der Waals surface area contributed by atoms with Gasteiger partial charge in [-0.1, -0.05) is 13.8 Å². The van der Waals surface area contributed by atoms with Gasteiger partial charge in [0.2, 0.25) is 0 Å². The van der Waals surface area contributed by atoms with Crippen LogP contribution in [0.15, 0.2) is 0 Å². The molecule has 3 rings (SSSR count). The third-order valence-electron chi connectivity index (χ3n) is 6.01. The van der Waals surface area contributed by atoms with Crippen LogP contribution in [-0.2, 0) is 4.79 Å². The fourth-order valence-electron chi connectivity index (χ4n) is 4.41. The second-order valence-corrected chi connectivity index (χ2v) is 8.21. The number of aliphatic hydroxyl groups is 1. The molecular formula is C15H25NO2S. The molecule has 3 aliphatic rings. The summed E-state index contributed by atoms with van der Waals surface area (Å²) in [6, 6.07) is 0.424. The zero-order chi connectivity index (χ0) is 13.7. The first-order valence-electron chi connectivity index (χ1n) is 7.48. The highest BCUT2D eigenvalue weighted by molar-refractivity contribution is 7.99. The van der Waals surface area contributed by atoms with E-state index in [0.29, 0.717) is 17.7 Å². The Morgan fingerprint density at radius 3 is 2.79 bits per heavy atom. The van der Waals surface area contributed by atoms with Crippen LogP contribution in [0.5, 0.6) is 0 Å². The molecule has 2 saturated carbocycles. The lowest BCUT2D eigenvalue weighted by molar-refractivity contribution is -0.127. The summed E-state index contributed by atoms with van der Waals surface area (Å²) in [4.78, 5) is 12.4. The summed E-state index contributed by atoms with van der Waals surface area (Å²) in [5.74, 6) is 3.13. The van der Waals surface area contributed by atoms with Gasteiger partial charge in [-0.15, -0.1) is 0 Å². The van der Waals surface area contributed by atoms with Crippen LogP contribution in [0, 0.1) is 16.7 Å². The van der Waals surface area contributed by atoms with Crippen LogP contribution in [0.2, 0.25) is 0 Å². The van der Waals surface area contributed by atoms with Crippen LogP contribution in [0.3, 0.4) is 0 Å². The second kappa shape index (κ2) is 4.74. The van der Waals surface area contributed by atoms with Crippen molar-refractivity contribution >= 4 is 17.5 Å². The van der Waals surface area contributed by atoms with E-state index in [1.165, 1.54) is 6.42 Å². The molecule has 2 aliphatic carbocycles. The molecule has 4 atom stereocenters. The Bertz CT molecular complexity index is 384.